The van der Waals surface area contributed by atoms with Gasteiger partial charge in [-0.1, -0.05) is 13.0 Å². The number of phenols is 1. The number of piperidine rings is 2. The maximum atomic E-state index is 14.9. The predicted octanol–water partition coefficient (Wildman–Crippen LogP) is 3.63. The summed E-state index contributed by atoms with van der Waals surface area (Å²) in [6, 6.07) is 6.51. The Morgan fingerprint density at radius 2 is 2.09 bits per heavy atom. The summed E-state index contributed by atoms with van der Waals surface area (Å²) in [4.78, 5) is 28.2. The number of aromatic hydroxyl groups is 1. The van der Waals surface area contributed by atoms with Crippen LogP contribution in [0.15, 0.2) is 35.3 Å². The molecule has 12 heteroatoms. The highest BCUT2D eigenvalue weighted by Gasteiger charge is 2.49. The summed E-state index contributed by atoms with van der Waals surface area (Å²) >= 11 is 0. The first-order valence-corrected chi connectivity index (χ1v) is 15.6. The highest BCUT2D eigenvalue weighted by molar-refractivity contribution is 5.95. The summed E-state index contributed by atoms with van der Waals surface area (Å²) in [6.45, 7) is 4.87. The number of hydrogen-bond donors (Lipinski definition) is 2. The number of hydrogen-bond acceptors (Lipinski definition) is 9. The van der Waals surface area contributed by atoms with Gasteiger partial charge in [-0.05, 0) is 61.7 Å². The van der Waals surface area contributed by atoms with Crippen LogP contribution in [0.4, 0.5) is 14.6 Å². The van der Waals surface area contributed by atoms with Gasteiger partial charge in [0.2, 0.25) is 0 Å². The van der Waals surface area contributed by atoms with Crippen molar-refractivity contribution in [3.05, 3.63) is 52.2 Å². The monoisotopic (exact) mass is 603 g/mol. The minimum Gasteiger partial charge on any atom is -0.508 e. The van der Waals surface area contributed by atoms with Crippen molar-refractivity contribution in [2.75, 3.05) is 37.7 Å². The number of halogens is 2. The number of phenolic OH excluding ortho intramolecular Hbond substituents is 1. The molecule has 0 aliphatic carbocycles. The first-order chi connectivity index (χ1) is 21.3. The van der Waals surface area contributed by atoms with Crippen LogP contribution < -0.4 is 20.5 Å². The third kappa shape index (κ3) is 4.33. The van der Waals surface area contributed by atoms with Gasteiger partial charge in [-0.25, -0.2) is 8.78 Å². The van der Waals surface area contributed by atoms with E-state index in [1.54, 1.807) is 18.3 Å². The summed E-state index contributed by atoms with van der Waals surface area (Å²) in [5.41, 5.74) is -0.104. The van der Waals surface area contributed by atoms with E-state index < -0.39 is 23.1 Å². The second-order valence-corrected chi connectivity index (χ2v) is 12.7. The van der Waals surface area contributed by atoms with Gasteiger partial charge in [0.1, 0.15) is 35.7 Å². The van der Waals surface area contributed by atoms with Crippen LogP contribution in [0.2, 0.25) is 0 Å². The molecule has 2 aromatic carbocycles. The number of alkyl halides is 1. The lowest BCUT2D eigenvalue weighted by Crippen LogP contribution is -2.61. The van der Waals surface area contributed by atoms with E-state index in [0.29, 0.717) is 53.0 Å². The number of piperazine rings is 1. The molecule has 230 valence electrons. The van der Waals surface area contributed by atoms with E-state index in [9.17, 15) is 18.7 Å². The molecule has 7 heterocycles. The molecule has 2 N–H and O–H groups in total. The number of anilines is 1. The third-order valence-corrected chi connectivity index (χ3v) is 10.2. The number of aromatic nitrogens is 4. The molecule has 2 unspecified atom stereocenters. The first kappa shape index (κ1) is 27.6. The standard InChI is InChI=1S/C32H35F2N7O3/c1-2-23-25(34)7-4-18-10-22(42)11-26(27(18)23)41-30(43)28-24(14-36-41)29(40-16-20-5-6-21(40)13-35-20)38-31(37-28)44-17-32-8-3-9-39(32)15-19(33)12-32/h4,7,10-11,14,19-21,35,42H,2-3,5-6,8-9,12-13,15-17H2,1H3/t19-,20?,21?,32+/m1/s1. The Hall–Kier alpha value is -3.90. The Morgan fingerprint density at radius 1 is 1.20 bits per heavy atom. The van der Waals surface area contributed by atoms with Crippen molar-refractivity contribution in [3.63, 3.8) is 0 Å². The molecule has 4 atom stereocenters. The zero-order chi connectivity index (χ0) is 30.2. The van der Waals surface area contributed by atoms with E-state index in [0.717, 1.165) is 45.3 Å². The van der Waals surface area contributed by atoms with Crippen molar-refractivity contribution in [2.45, 2.75) is 69.2 Å². The number of rotatable bonds is 6. The van der Waals surface area contributed by atoms with Crippen LogP contribution >= 0.6 is 0 Å². The molecule has 0 radical (unpaired) electrons. The van der Waals surface area contributed by atoms with Gasteiger partial charge in [-0.15, -0.1) is 0 Å². The van der Waals surface area contributed by atoms with Crippen molar-refractivity contribution in [2.24, 2.45) is 0 Å². The van der Waals surface area contributed by atoms with Crippen molar-refractivity contribution >= 4 is 27.5 Å². The number of aryl methyl sites for hydroxylation is 1. The van der Waals surface area contributed by atoms with Crippen LogP contribution in [0, 0.1) is 5.82 Å². The number of fused-ring (bicyclic) bond motifs is 6. The van der Waals surface area contributed by atoms with Gasteiger partial charge in [0.25, 0.3) is 5.56 Å². The van der Waals surface area contributed by atoms with E-state index in [1.807, 2.05) is 6.92 Å². The van der Waals surface area contributed by atoms with Crippen LogP contribution in [0.5, 0.6) is 11.8 Å². The normalized spacial score (nSPS) is 26.6. The van der Waals surface area contributed by atoms with Gasteiger partial charge in [0.15, 0.2) is 0 Å². The summed E-state index contributed by atoms with van der Waals surface area (Å²) in [6.07, 6.45) is 5.38. The molecular weight excluding hydrogens is 568 g/mol. The van der Waals surface area contributed by atoms with Crippen molar-refractivity contribution in [3.8, 4) is 17.4 Å². The second-order valence-electron chi connectivity index (χ2n) is 12.7. The van der Waals surface area contributed by atoms with E-state index in [4.69, 9.17) is 9.72 Å². The smallest absolute Gasteiger partial charge is 0.319 e. The molecule has 5 aliphatic rings. The Morgan fingerprint density at radius 3 is 2.86 bits per heavy atom. The second kappa shape index (κ2) is 10.3. The van der Waals surface area contributed by atoms with Gasteiger partial charge < -0.3 is 20.1 Å². The fourth-order valence-corrected chi connectivity index (χ4v) is 8.05. The zero-order valence-electron chi connectivity index (χ0n) is 24.6. The van der Waals surface area contributed by atoms with Crippen molar-refractivity contribution in [1.29, 1.82) is 0 Å². The van der Waals surface area contributed by atoms with Crippen LogP contribution in [-0.4, -0.2) is 86.3 Å². The molecule has 2 bridgehead atoms. The number of benzene rings is 2. The third-order valence-electron chi connectivity index (χ3n) is 10.2. The molecule has 5 fully saturated rings. The Balaban J connectivity index is 1.28. The van der Waals surface area contributed by atoms with Crippen molar-refractivity contribution < 1.29 is 18.6 Å². The average molecular weight is 604 g/mol. The highest BCUT2D eigenvalue weighted by Crippen LogP contribution is 2.41. The zero-order valence-corrected chi connectivity index (χ0v) is 24.6. The van der Waals surface area contributed by atoms with Gasteiger partial charge in [0.05, 0.1) is 22.8 Å². The summed E-state index contributed by atoms with van der Waals surface area (Å²) in [5, 5.41) is 20.3. The molecule has 4 aromatic rings. The largest absolute Gasteiger partial charge is 0.508 e. The van der Waals surface area contributed by atoms with E-state index in [2.05, 4.69) is 25.2 Å². The highest BCUT2D eigenvalue weighted by atomic mass is 19.1. The quantitative estimate of drug-likeness (QED) is 0.342. The Bertz CT molecular complexity index is 1840. The molecule has 0 saturated carbocycles. The first-order valence-electron chi connectivity index (χ1n) is 15.6. The number of ether oxygens (including phenoxy) is 1. The molecule has 0 amide bonds. The SMILES string of the molecule is CCc1c(F)ccc2cc(O)cc(-n3ncc4c(N5CC6CCC5CN6)nc(OC[C@@]56CCCN5C[C@H](F)C6)nc4c3=O)c12. The fraction of sp³-hybridized carbons (Fsp3) is 0.500. The molecular formula is C32H35F2N7O3. The van der Waals surface area contributed by atoms with Gasteiger partial charge in [-0.3, -0.25) is 9.69 Å². The summed E-state index contributed by atoms with van der Waals surface area (Å²) < 4.78 is 36.9. The molecule has 9 rings (SSSR count). The van der Waals surface area contributed by atoms with Crippen molar-refractivity contribution in [1.82, 2.24) is 30.0 Å². The van der Waals surface area contributed by atoms with Crippen LogP contribution in [0.25, 0.3) is 27.4 Å². The van der Waals surface area contributed by atoms with E-state index >= 15 is 0 Å². The summed E-state index contributed by atoms with van der Waals surface area (Å²) in [5.74, 6) is 0.134. The number of nitrogens with one attached hydrogen (secondary N) is 1. The van der Waals surface area contributed by atoms with E-state index in [1.165, 1.54) is 16.8 Å². The molecule has 2 aromatic heterocycles. The van der Waals surface area contributed by atoms with Gasteiger partial charge in [0, 0.05) is 49.6 Å². The fourth-order valence-electron chi connectivity index (χ4n) is 8.05. The minimum absolute atomic E-state index is 0.0673. The molecule has 10 nitrogen and oxygen atoms in total. The van der Waals surface area contributed by atoms with Crippen LogP contribution in [-0.2, 0) is 6.42 Å². The number of nitrogens with zero attached hydrogens (tertiary/aromatic N) is 6. The maximum absolute atomic E-state index is 14.9. The minimum atomic E-state index is -0.892. The van der Waals surface area contributed by atoms with Crippen LogP contribution in [0.1, 0.15) is 44.6 Å². The van der Waals surface area contributed by atoms with Gasteiger partial charge >= 0.3 is 6.01 Å². The lowest BCUT2D eigenvalue weighted by atomic mass is 9.93. The topological polar surface area (TPSA) is 109 Å². The molecule has 44 heavy (non-hydrogen) atoms. The Kier molecular flexibility index (Phi) is 6.49. The Labute approximate surface area is 252 Å². The maximum Gasteiger partial charge on any atom is 0.319 e. The summed E-state index contributed by atoms with van der Waals surface area (Å²) in [7, 11) is 0. The predicted molar refractivity (Wildman–Crippen MR) is 162 cm³/mol. The van der Waals surface area contributed by atoms with Crippen LogP contribution in [0.3, 0.4) is 0 Å². The van der Waals surface area contributed by atoms with Gasteiger partial charge in [-0.2, -0.15) is 19.7 Å². The molecule has 0 spiro atoms. The lowest BCUT2D eigenvalue weighted by Gasteiger charge is -2.46. The lowest BCUT2D eigenvalue weighted by molar-refractivity contribution is 0.107. The van der Waals surface area contributed by atoms with E-state index in [-0.39, 0.29) is 35.6 Å². The molecule has 5 saturated heterocycles. The molecule has 5 aliphatic heterocycles. The average Bonchev–Trinajstić information content (AvgIpc) is 3.56.